The summed E-state index contributed by atoms with van der Waals surface area (Å²) in [4.78, 5) is 15.2. The summed E-state index contributed by atoms with van der Waals surface area (Å²) >= 11 is 0. The van der Waals surface area contributed by atoms with Crippen molar-refractivity contribution in [3.05, 3.63) is 24.0 Å². The SMILES string of the molecule is C[C@H](N)[C@H]1CN(c2ccc(N3CCS(=O)CC3)c(F)c2)C(=O)O1. The highest BCUT2D eigenvalue weighted by Gasteiger charge is 2.34. The lowest BCUT2D eigenvalue weighted by Crippen LogP contribution is -2.38. The van der Waals surface area contributed by atoms with Crippen LogP contribution in [0.5, 0.6) is 0 Å². The number of cyclic esters (lactones) is 1. The molecule has 1 aromatic carbocycles. The van der Waals surface area contributed by atoms with Crippen LogP contribution < -0.4 is 15.5 Å². The van der Waals surface area contributed by atoms with Gasteiger partial charge in [0.2, 0.25) is 0 Å². The van der Waals surface area contributed by atoms with E-state index in [1.807, 2.05) is 4.90 Å². The number of carbonyl (C=O) groups excluding carboxylic acids is 1. The summed E-state index contributed by atoms with van der Waals surface area (Å²) in [7, 11) is -0.806. The van der Waals surface area contributed by atoms with E-state index < -0.39 is 22.7 Å². The van der Waals surface area contributed by atoms with Gasteiger partial charge in [0.15, 0.2) is 0 Å². The smallest absolute Gasteiger partial charge is 0.414 e. The fourth-order valence-electron chi connectivity index (χ4n) is 2.77. The van der Waals surface area contributed by atoms with Crippen molar-refractivity contribution < 1.29 is 18.1 Å². The number of amides is 1. The summed E-state index contributed by atoms with van der Waals surface area (Å²) in [6.07, 6.45) is -0.893. The van der Waals surface area contributed by atoms with Gasteiger partial charge in [0.25, 0.3) is 0 Å². The number of nitrogens with two attached hydrogens (primary N) is 1. The number of nitrogens with zero attached hydrogens (tertiary/aromatic N) is 2. The average molecular weight is 341 g/mol. The summed E-state index contributed by atoms with van der Waals surface area (Å²) in [6.45, 7) is 3.23. The largest absolute Gasteiger partial charge is 0.442 e. The maximum Gasteiger partial charge on any atom is 0.414 e. The van der Waals surface area contributed by atoms with Gasteiger partial charge in [-0.3, -0.25) is 9.11 Å². The molecule has 23 heavy (non-hydrogen) atoms. The predicted octanol–water partition coefficient (Wildman–Crippen LogP) is 1.07. The molecule has 126 valence electrons. The number of halogens is 1. The highest BCUT2D eigenvalue weighted by Crippen LogP contribution is 2.28. The maximum absolute atomic E-state index is 14.4. The molecular formula is C15H20FN3O3S. The number of hydrogen-bond acceptors (Lipinski definition) is 5. The van der Waals surface area contributed by atoms with Crippen molar-refractivity contribution in [3.63, 3.8) is 0 Å². The van der Waals surface area contributed by atoms with Gasteiger partial charge >= 0.3 is 6.09 Å². The van der Waals surface area contributed by atoms with Crippen LogP contribution in [0.25, 0.3) is 0 Å². The molecule has 2 aliphatic rings. The Kier molecular flexibility index (Phi) is 4.54. The number of rotatable bonds is 3. The van der Waals surface area contributed by atoms with Gasteiger partial charge in [-0.25, -0.2) is 9.18 Å². The molecule has 2 aliphatic heterocycles. The van der Waals surface area contributed by atoms with Crippen LogP contribution in [0.1, 0.15) is 6.92 Å². The Bertz CT molecular complexity index is 630. The summed E-state index contributed by atoms with van der Waals surface area (Å²) in [5, 5.41) is 0. The van der Waals surface area contributed by atoms with E-state index in [4.69, 9.17) is 10.5 Å². The Hall–Kier alpha value is -1.67. The highest BCUT2D eigenvalue weighted by atomic mass is 32.2. The van der Waals surface area contributed by atoms with E-state index in [2.05, 4.69) is 0 Å². The highest BCUT2D eigenvalue weighted by molar-refractivity contribution is 7.85. The van der Waals surface area contributed by atoms with Crippen LogP contribution in [-0.2, 0) is 15.5 Å². The minimum atomic E-state index is -0.806. The van der Waals surface area contributed by atoms with Gasteiger partial charge in [-0.05, 0) is 25.1 Å². The van der Waals surface area contributed by atoms with Gasteiger partial charge in [0, 0.05) is 41.4 Å². The molecule has 0 aromatic heterocycles. The maximum atomic E-state index is 14.4. The number of anilines is 2. The molecule has 1 aromatic rings. The first-order valence-corrected chi connectivity index (χ1v) is 9.07. The minimum Gasteiger partial charge on any atom is -0.442 e. The normalized spacial score (nSPS) is 24.0. The van der Waals surface area contributed by atoms with Crippen molar-refractivity contribution in [2.45, 2.75) is 19.1 Å². The zero-order chi connectivity index (χ0) is 16.6. The molecule has 2 heterocycles. The molecule has 8 heteroatoms. The number of benzene rings is 1. The summed E-state index contributed by atoms with van der Waals surface area (Å²) in [5.41, 5.74) is 6.69. The Labute approximate surface area is 136 Å². The molecule has 0 aliphatic carbocycles. The Morgan fingerprint density at radius 3 is 2.65 bits per heavy atom. The molecule has 6 nitrogen and oxygen atoms in total. The first-order valence-electron chi connectivity index (χ1n) is 7.59. The van der Waals surface area contributed by atoms with E-state index >= 15 is 0 Å². The lowest BCUT2D eigenvalue weighted by atomic mass is 10.2. The van der Waals surface area contributed by atoms with Crippen molar-refractivity contribution in [3.8, 4) is 0 Å². The molecule has 2 N–H and O–H groups in total. The monoisotopic (exact) mass is 341 g/mol. The van der Waals surface area contributed by atoms with Crippen LogP contribution >= 0.6 is 0 Å². The quantitative estimate of drug-likeness (QED) is 0.890. The molecule has 2 saturated heterocycles. The molecule has 0 unspecified atom stereocenters. The molecule has 0 spiro atoms. The Morgan fingerprint density at radius 1 is 1.39 bits per heavy atom. The Balaban J connectivity index is 1.77. The molecule has 1 amide bonds. The van der Waals surface area contributed by atoms with Gasteiger partial charge in [0.1, 0.15) is 11.9 Å². The third-order valence-corrected chi connectivity index (χ3v) is 5.46. The van der Waals surface area contributed by atoms with E-state index in [0.29, 0.717) is 42.5 Å². The van der Waals surface area contributed by atoms with Crippen LogP contribution in [-0.4, -0.2) is 53.6 Å². The second-order valence-corrected chi connectivity index (χ2v) is 7.56. The molecule has 0 radical (unpaired) electrons. The van der Waals surface area contributed by atoms with Crippen LogP contribution in [0.2, 0.25) is 0 Å². The lowest BCUT2D eigenvalue weighted by molar-refractivity contribution is 0.130. The predicted molar refractivity (Wildman–Crippen MR) is 87.8 cm³/mol. The number of hydrogen-bond donors (Lipinski definition) is 1. The minimum absolute atomic E-state index is 0.276. The fourth-order valence-corrected chi connectivity index (χ4v) is 3.82. The van der Waals surface area contributed by atoms with E-state index in [1.54, 1.807) is 19.1 Å². The lowest BCUT2D eigenvalue weighted by Gasteiger charge is -2.29. The topological polar surface area (TPSA) is 75.9 Å². The van der Waals surface area contributed by atoms with Gasteiger partial charge in [-0.15, -0.1) is 0 Å². The van der Waals surface area contributed by atoms with Gasteiger partial charge in [-0.1, -0.05) is 0 Å². The van der Waals surface area contributed by atoms with E-state index in [0.717, 1.165) is 0 Å². The van der Waals surface area contributed by atoms with Gasteiger partial charge < -0.3 is 15.4 Å². The first kappa shape index (κ1) is 16.2. The molecule has 2 atom stereocenters. The van der Waals surface area contributed by atoms with Crippen LogP contribution in [0.4, 0.5) is 20.6 Å². The number of ether oxygens (including phenoxy) is 1. The zero-order valence-corrected chi connectivity index (χ0v) is 13.7. The van der Waals surface area contributed by atoms with Crippen molar-refractivity contribution in [1.82, 2.24) is 0 Å². The Morgan fingerprint density at radius 2 is 2.09 bits per heavy atom. The third-order valence-electron chi connectivity index (χ3n) is 4.18. The second-order valence-electron chi connectivity index (χ2n) is 5.86. The van der Waals surface area contributed by atoms with Gasteiger partial charge in [-0.2, -0.15) is 0 Å². The second kappa shape index (κ2) is 6.45. The van der Waals surface area contributed by atoms with E-state index in [9.17, 15) is 13.4 Å². The summed E-state index contributed by atoms with van der Waals surface area (Å²) in [5.74, 6) is 0.707. The van der Waals surface area contributed by atoms with Crippen molar-refractivity contribution >= 4 is 28.3 Å². The zero-order valence-electron chi connectivity index (χ0n) is 12.9. The standard InChI is InChI=1S/C15H20FN3O3S/c1-10(17)14-9-19(15(20)22-14)11-2-3-13(12(16)8-11)18-4-6-23(21)7-5-18/h2-3,8,10,14H,4-7,9,17H2,1H3/t10-,14+/m0/s1. The number of carbonyl (C=O) groups is 1. The summed E-state index contributed by atoms with van der Waals surface area (Å²) < 4.78 is 31.0. The molecule has 0 saturated carbocycles. The molecule has 0 bridgehead atoms. The fraction of sp³-hybridized carbons (Fsp3) is 0.533. The molecule has 2 fully saturated rings. The molecule has 3 rings (SSSR count). The first-order chi connectivity index (χ1) is 11.0. The van der Waals surface area contributed by atoms with Crippen molar-refractivity contribution in [2.24, 2.45) is 5.73 Å². The van der Waals surface area contributed by atoms with E-state index in [-0.39, 0.29) is 12.1 Å². The average Bonchev–Trinajstić information content (AvgIpc) is 2.90. The molecular weight excluding hydrogens is 321 g/mol. The van der Waals surface area contributed by atoms with Crippen LogP contribution in [0.3, 0.4) is 0 Å². The van der Waals surface area contributed by atoms with E-state index in [1.165, 1.54) is 11.0 Å². The van der Waals surface area contributed by atoms with Crippen LogP contribution in [0.15, 0.2) is 18.2 Å². The van der Waals surface area contributed by atoms with Crippen LogP contribution in [0, 0.1) is 5.82 Å². The summed E-state index contributed by atoms with van der Waals surface area (Å²) in [6, 6.07) is 4.42. The van der Waals surface area contributed by atoms with Gasteiger partial charge in [0.05, 0.1) is 17.9 Å². The van der Waals surface area contributed by atoms with Crippen molar-refractivity contribution in [2.75, 3.05) is 40.9 Å². The third kappa shape index (κ3) is 3.32. The van der Waals surface area contributed by atoms with Crippen molar-refractivity contribution in [1.29, 1.82) is 0 Å².